The molecule has 0 amide bonds. The van der Waals surface area contributed by atoms with Crippen molar-refractivity contribution in [2.24, 2.45) is 5.73 Å². The van der Waals surface area contributed by atoms with Crippen LogP contribution in [0.1, 0.15) is 27.2 Å². The number of rotatable bonds is 12. The molecule has 0 spiro atoms. The van der Waals surface area contributed by atoms with E-state index in [0.29, 0.717) is 6.54 Å². The molecule has 20 heavy (non-hydrogen) atoms. The van der Waals surface area contributed by atoms with Crippen LogP contribution in [0.25, 0.3) is 0 Å². The summed E-state index contributed by atoms with van der Waals surface area (Å²) in [5, 5.41) is 3.25. The molecule has 0 bridgehead atoms. The molecule has 3 N–H and O–H groups in total. The Morgan fingerprint density at radius 3 is 1.80 bits per heavy atom. The Morgan fingerprint density at radius 2 is 1.40 bits per heavy atom. The van der Waals surface area contributed by atoms with E-state index in [-0.39, 0.29) is 0 Å². The fourth-order valence-electron chi connectivity index (χ4n) is 1.43. The number of hydrogen-bond donors (Lipinski definition) is 2. The van der Waals surface area contributed by atoms with Crippen LogP contribution < -0.4 is 11.1 Å². The highest BCUT2D eigenvalue weighted by Crippen LogP contribution is 2.19. The van der Waals surface area contributed by atoms with E-state index in [9.17, 15) is 0 Å². The predicted octanol–water partition coefficient (Wildman–Crippen LogP) is 2.51. The van der Waals surface area contributed by atoms with Gasteiger partial charge in [0.25, 0.3) is 0 Å². The summed E-state index contributed by atoms with van der Waals surface area (Å²) < 4.78 is 17.2. The van der Waals surface area contributed by atoms with Gasteiger partial charge >= 0.3 is 8.80 Å². The van der Waals surface area contributed by atoms with Crippen LogP contribution >= 0.6 is 0 Å². The van der Waals surface area contributed by atoms with Crippen LogP contribution in [0.5, 0.6) is 0 Å². The molecule has 0 aliphatic rings. The summed E-state index contributed by atoms with van der Waals surface area (Å²) in [7, 11) is -2.75. The van der Waals surface area contributed by atoms with Crippen LogP contribution in [-0.2, 0) is 13.3 Å². The van der Waals surface area contributed by atoms with Crippen molar-refractivity contribution in [1.29, 1.82) is 0 Å². The first-order valence-corrected chi connectivity index (χ1v) is 8.95. The first-order chi connectivity index (χ1) is 9.74. The first-order valence-electron chi connectivity index (χ1n) is 7.02. The van der Waals surface area contributed by atoms with E-state index in [4.69, 9.17) is 19.0 Å². The van der Waals surface area contributed by atoms with Crippen molar-refractivity contribution in [3.8, 4) is 0 Å². The Kier molecular flexibility index (Phi) is 12.0. The first kappa shape index (κ1) is 18.8. The summed E-state index contributed by atoms with van der Waals surface area (Å²) in [6.07, 6.45) is 11.3. The lowest BCUT2D eigenvalue weighted by Gasteiger charge is -2.25. The molecule has 0 aromatic carbocycles. The van der Waals surface area contributed by atoms with Crippen LogP contribution in [0.3, 0.4) is 0 Å². The van der Waals surface area contributed by atoms with Gasteiger partial charge in [0.2, 0.25) is 0 Å². The minimum Gasteiger partial charge on any atom is -0.490 e. The van der Waals surface area contributed by atoms with Crippen LogP contribution in [-0.4, -0.2) is 28.4 Å². The van der Waals surface area contributed by atoms with Crippen molar-refractivity contribution in [2.75, 3.05) is 19.6 Å². The summed E-state index contributed by atoms with van der Waals surface area (Å²) in [6.45, 7) is 8.01. The molecule has 0 fully saturated rings. The average Bonchev–Trinajstić information content (AvgIpc) is 2.48. The lowest BCUT2D eigenvalue weighted by atomic mass is 10.5. The molecule has 0 saturated heterocycles. The minimum absolute atomic E-state index is 0.641. The molecule has 0 aliphatic heterocycles. The van der Waals surface area contributed by atoms with E-state index in [1.165, 1.54) is 0 Å². The second-order valence-electron chi connectivity index (χ2n) is 4.09. The van der Waals surface area contributed by atoms with Gasteiger partial charge in [0, 0.05) is 13.1 Å². The third kappa shape index (κ3) is 8.79. The Morgan fingerprint density at radius 1 is 0.900 bits per heavy atom. The summed E-state index contributed by atoms with van der Waals surface area (Å²) >= 11 is 0. The van der Waals surface area contributed by atoms with Gasteiger partial charge in [-0.3, -0.25) is 0 Å². The van der Waals surface area contributed by atoms with Gasteiger partial charge in [0.05, 0.1) is 24.8 Å². The molecule has 116 valence electrons. The normalized spacial score (nSPS) is 15.0. The highest BCUT2D eigenvalue weighted by Gasteiger charge is 2.45. The lowest BCUT2D eigenvalue weighted by molar-refractivity contribution is 0.178. The van der Waals surface area contributed by atoms with E-state index >= 15 is 0 Å². The van der Waals surface area contributed by atoms with Crippen LogP contribution in [0.2, 0.25) is 6.04 Å². The summed E-state index contributed by atoms with van der Waals surface area (Å²) in [4.78, 5) is 0. The molecular formula is C14H28N2O3Si. The molecule has 0 aromatic rings. The topological polar surface area (TPSA) is 65.7 Å². The van der Waals surface area contributed by atoms with Crippen molar-refractivity contribution in [1.82, 2.24) is 5.32 Å². The molecule has 6 heteroatoms. The van der Waals surface area contributed by atoms with Crippen LogP contribution in [0, 0.1) is 0 Å². The standard InChI is InChI=1S/C14H28N2O3Si/c1-4-11-17-20(18-12-5-2,19-13-6-3)14-7-9-16-10-8-15/h4-6,11-13,16H,7-10,14-15H2,1-3H3. The van der Waals surface area contributed by atoms with E-state index in [2.05, 4.69) is 5.32 Å². The fourth-order valence-corrected chi connectivity index (χ4v) is 3.59. The number of nitrogens with one attached hydrogen (secondary N) is 1. The van der Waals surface area contributed by atoms with E-state index in [1.54, 1.807) is 18.8 Å². The van der Waals surface area contributed by atoms with Gasteiger partial charge in [-0.05, 0) is 33.7 Å². The van der Waals surface area contributed by atoms with Gasteiger partial charge in [0.15, 0.2) is 0 Å². The average molecular weight is 300 g/mol. The summed E-state index contributed by atoms with van der Waals surface area (Å²) in [6, 6.07) is 0.726. The maximum atomic E-state index is 5.75. The molecule has 0 saturated carbocycles. The van der Waals surface area contributed by atoms with E-state index in [1.807, 2.05) is 39.0 Å². The number of allylic oxidation sites excluding steroid dienone is 3. The number of hydrogen-bond acceptors (Lipinski definition) is 5. The maximum absolute atomic E-state index is 5.75. The molecule has 0 unspecified atom stereocenters. The van der Waals surface area contributed by atoms with Gasteiger partial charge in [-0.1, -0.05) is 18.2 Å². The van der Waals surface area contributed by atoms with Crippen molar-refractivity contribution >= 4 is 8.80 Å². The predicted molar refractivity (Wildman–Crippen MR) is 84.8 cm³/mol. The van der Waals surface area contributed by atoms with Gasteiger partial charge in [-0.2, -0.15) is 0 Å². The molecular weight excluding hydrogens is 272 g/mol. The zero-order valence-electron chi connectivity index (χ0n) is 12.8. The Balaban J connectivity index is 4.58. The maximum Gasteiger partial charge on any atom is 0.698 e. The van der Waals surface area contributed by atoms with Gasteiger partial charge in [0.1, 0.15) is 0 Å². The third-order valence-electron chi connectivity index (χ3n) is 2.31. The summed E-state index contributed by atoms with van der Waals surface area (Å²) in [5.41, 5.74) is 5.44. The zero-order valence-corrected chi connectivity index (χ0v) is 13.8. The Bertz CT molecular complexity index is 271. The monoisotopic (exact) mass is 300 g/mol. The molecule has 0 rings (SSSR count). The van der Waals surface area contributed by atoms with Gasteiger partial charge < -0.3 is 24.3 Å². The minimum atomic E-state index is -2.75. The molecule has 5 nitrogen and oxygen atoms in total. The lowest BCUT2D eigenvalue weighted by Crippen LogP contribution is -2.42. The second kappa shape index (κ2) is 12.8. The number of nitrogens with two attached hydrogens (primary N) is 1. The molecule has 0 aromatic heterocycles. The molecule has 0 aliphatic carbocycles. The van der Waals surface area contributed by atoms with E-state index < -0.39 is 8.80 Å². The highest BCUT2D eigenvalue weighted by atomic mass is 28.4. The Labute approximate surface area is 123 Å². The van der Waals surface area contributed by atoms with Crippen molar-refractivity contribution in [2.45, 2.75) is 33.2 Å². The second-order valence-corrected chi connectivity index (χ2v) is 6.66. The van der Waals surface area contributed by atoms with Crippen LogP contribution in [0.15, 0.2) is 37.0 Å². The SMILES string of the molecule is CC=CO[Si](CCCNCCN)(OC=CC)OC=CC. The van der Waals surface area contributed by atoms with Crippen molar-refractivity contribution in [3.05, 3.63) is 37.0 Å². The highest BCUT2D eigenvalue weighted by molar-refractivity contribution is 6.61. The van der Waals surface area contributed by atoms with Crippen molar-refractivity contribution < 1.29 is 13.3 Å². The third-order valence-corrected chi connectivity index (χ3v) is 4.76. The largest absolute Gasteiger partial charge is 0.698 e. The zero-order chi connectivity index (χ0) is 15.1. The fraction of sp³-hybridized carbons (Fsp3) is 0.571. The quantitative estimate of drug-likeness (QED) is 0.329. The van der Waals surface area contributed by atoms with Crippen LogP contribution in [0.4, 0.5) is 0 Å². The van der Waals surface area contributed by atoms with Gasteiger partial charge in [-0.15, -0.1) is 0 Å². The molecule has 0 radical (unpaired) electrons. The summed E-state index contributed by atoms with van der Waals surface area (Å²) in [5.74, 6) is 0. The van der Waals surface area contributed by atoms with Gasteiger partial charge in [-0.25, -0.2) is 0 Å². The smallest absolute Gasteiger partial charge is 0.490 e. The molecule has 0 atom stereocenters. The van der Waals surface area contributed by atoms with Crippen molar-refractivity contribution in [3.63, 3.8) is 0 Å². The Hall–Kier alpha value is -1.24. The molecule has 0 heterocycles. The van der Waals surface area contributed by atoms with E-state index in [0.717, 1.165) is 25.6 Å².